The summed E-state index contributed by atoms with van der Waals surface area (Å²) in [5.74, 6) is -2.60. The van der Waals surface area contributed by atoms with E-state index in [2.05, 4.69) is 30.1 Å². The summed E-state index contributed by atoms with van der Waals surface area (Å²) in [5.41, 5.74) is 6.75. The fourth-order valence-electron chi connectivity index (χ4n) is 4.28. The zero-order valence-electron chi connectivity index (χ0n) is 17.0. The third-order valence-electron chi connectivity index (χ3n) is 5.84. The van der Waals surface area contributed by atoms with Crippen LogP contribution in [0.15, 0.2) is 55.1 Å². The molecule has 0 spiro atoms. The van der Waals surface area contributed by atoms with Crippen LogP contribution < -0.4 is 0 Å². The van der Waals surface area contributed by atoms with Gasteiger partial charge >= 0.3 is 0 Å². The van der Waals surface area contributed by atoms with Crippen molar-refractivity contribution >= 4 is 21.9 Å². The Hall–Kier alpha value is -3.72. The molecule has 1 aliphatic rings. The molecule has 0 saturated carbocycles. The van der Waals surface area contributed by atoms with Crippen molar-refractivity contribution < 1.29 is 8.78 Å². The Kier molecular flexibility index (Phi) is 4.25. The van der Waals surface area contributed by atoms with Crippen molar-refractivity contribution in [2.75, 3.05) is 13.1 Å². The van der Waals surface area contributed by atoms with E-state index in [1.807, 2.05) is 30.3 Å². The molecule has 5 aromatic heterocycles. The first-order valence-corrected chi connectivity index (χ1v) is 10.4. The standard InChI is InChI=1S/C23H19F2N7/c24-23(25)3-5-32(13-23)12-14-6-15(10-26-9-14)18-7-16-21(11-28-18)30-31-22(16)20-8-19-17(29-20)2-1-4-27-19/h1-2,4,6-11,29H,3,5,12-13H2,(H,30,31). The van der Waals surface area contributed by atoms with E-state index in [1.165, 1.54) is 0 Å². The molecule has 0 radical (unpaired) electrons. The minimum absolute atomic E-state index is 0.0924. The molecular weight excluding hydrogens is 412 g/mol. The second-order valence-electron chi connectivity index (χ2n) is 8.21. The Morgan fingerprint density at radius 3 is 2.84 bits per heavy atom. The molecule has 32 heavy (non-hydrogen) atoms. The number of alkyl halides is 2. The quantitative estimate of drug-likeness (QED) is 0.440. The van der Waals surface area contributed by atoms with E-state index in [1.54, 1.807) is 29.7 Å². The third kappa shape index (κ3) is 3.40. The number of hydrogen-bond acceptors (Lipinski definition) is 5. The monoisotopic (exact) mass is 431 g/mol. The second-order valence-corrected chi connectivity index (χ2v) is 8.21. The van der Waals surface area contributed by atoms with E-state index in [-0.39, 0.29) is 13.0 Å². The molecule has 0 unspecified atom stereocenters. The molecule has 160 valence electrons. The molecule has 0 aromatic carbocycles. The van der Waals surface area contributed by atoms with Crippen LogP contribution in [0.25, 0.3) is 44.6 Å². The number of nitrogens with zero attached hydrogens (tertiary/aromatic N) is 5. The zero-order valence-corrected chi connectivity index (χ0v) is 17.0. The lowest BCUT2D eigenvalue weighted by molar-refractivity contribution is 0.0115. The van der Waals surface area contributed by atoms with Crippen LogP contribution in [-0.4, -0.2) is 54.0 Å². The lowest BCUT2D eigenvalue weighted by Crippen LogP contribution is -2.24. The maximum Gasteiger partial charge on any atom is 0.261 e. The Morgan fingerprint density at radius 2 is 2.00 bits per heavy atom. The van der Waals surface area contributed by atoms with Gasteiger partial charge in [0.25, 0.3) is 5.92 Å². The van der Waals surface area contributed by atoms with Crippen LogP contribution in [0.5, 0.6) is 0 Å². The van der Waals surface area contributed by atoms with Gasteiger partial charge in [-0.05, 0) is 35.9 Å². The number of fused-ring (bicyclic) bond motifs is 2. The minimum atomic E-state index is -2.60. The van der Waals surface area contributed by atoms with Gasteiger partial charge < -0.3 is 4.98 Å². The lowest BCUT2D eigenvalue weighted by Gasteiger charge is -2.15. The first-order chi connectivity index (χ1) is 15.5. The van der Waals surface area contributed by atoms with Gasteiger partial charge in [-0.15, -0.1) is 0 Å². The van der Waals surface area contributed by atoms with Crippen molar-refractivity contribution in [3.05, 3.63) is 60.7 Å². The number of nitrogens with one attached hydrogen (secondary N) is 2. The normalized spacial score (nSPS) is 16.3. The summed E-state index contributed by atoms with van der Waals surface area (Å²) < 4.78 is 27.0. The molecule has 1 aliphatic heterocycles. The van der Waals surface area contributed by atoms with Crippen LogP contribution in [-0.2, 0) is 6.54 Å². The average molecular weight is 431 g/mol. The van der Waals surface area contributed by atoms with Crippen molar-refractivity contribution in [2.24, 2.45) is 0 Å². The summed E-state index contributed by atoms with van der Waals surface area (Å²) in [7, 11) is 0. The van der Waals surface area contributed by atoms with Gasteiger partial charge in [-0.3, -0.25) is 25.0 Å². The fraction of sp³-hybridized carbons (Fsp3) is 0.217. The molecule has 9 heteroatoms. The van der Waals surface area contributed by atoms with Crippen LogP contribution in [0.2, 0.25) is 0 Å². The van der Waals surface area contributed by atoms with Crippen LogP contribution in [0, 0.1) is 0 Å². The SMILES string of the molecule is FC1(F)CCN(Cc2cncc(-c3cc4c(-c5cc6ncccc6[nH]5)n[nH]c4cn3)c2)C1. The molecular formula is C23H19F2N7. The van der Waals surface area contributed by atoms with E-state index in [0.29, 0.717) is 13.1 Å². The Morgan fingerprint density at radius 1 is 1.06 bits per heavy atom. The number of aromatic amines is 2. The Balaban J connectivity index is 1.34. The number of rotatable bonds is 4. The summed E-state index contributed by atoms with van der Waals surface area (Å²) >= 11 is 0. The highest BCUT2D eigenvalue weighted by Gasteiger charge is 2.37. The van der Waals surface area contributed by atoms with Gasteiger partial charge in [-0.25, -0.2) is 8.78 Å². The lowest BCUT2D eigenvalue weighted by atomic mass is 10.1. The molecule has 1 fully saturated rings. The van der Waals surface area contributed by atoms with E-state index in [9.17, 15) is 8.78 Å². The van der Waals surface area contributed by atoms with Gasteiger partial charge in [0.2, 0.25) is 0 Å². The highest BCUT2D eigenvalue weighted by molar-refractivity contribution is 5.96. The summed E-state index contributed by atoms with van der Waals surface area (Å²) in [6, 6.07) is 9.76. The maximum atomic E-state index is 13.5. The van der Waals surface area contributed by atoms with Crippen molar-refractivity contribution in [2.45, 2.75) is 18.9 Å². The Labute approximate surface area is 181 Å². The van der Waals surface area contributed by atoms with Crippen LogP contribution in [0.3, 0.4) is 0 Å². The molecule has 0 atom stereocenters. The Bertz CT molecular complexity index is 1410. The summed E-state index contributed by atoms with van der Waals surface area (Å²) in [4.78, 5) is 18.4. The van der Waals surface area contributed by atoms with Crippen molar-refractivity contribution in [3.8, 4) is 22.6 Å². The molecule has 0 aliphatic carbocycles. The molecule has 6 rings (SSSR count). The predicted octanol–water partition coefficient (Wildman–Crippen LogP) is 4.40. The van der Waals surface area contributed by atoms with E-state index in [4.69, 9.17) is 0 Å². The summed E-state index contributed by atoms with van der Waals surface area (Å²) in [6.07, 6.45) is 6.87. The van der Waals surface area contributed by atoms with Gasteiger partial charge in [0.1, 0.15) is 5.69 Å². The number of H-pyrrole nitrogens is 2. The molecule has 0 bridgehead atoms. The van der Waals surface area contributed by atoms with Gasteiger partial charge in [0, 0.05) is 49.1 Å². The van der Waals surface area contributed by atoms with Crippen molar-refractivity contribution in [3.63, 3.8) is 0 Å². The number of aromatic nitrogens is 6. The van der Waals surface area contributed by atoms with Gasteiger partial charge in [-0.2, -0.15) is 5.10 Å². The summed E-state index contributed by atoms with van der Waals surface area (Å²) in [6.45, 7) is 0.621. The number of pyridine rings is 3. The van der Waals surface area contributed by atoms with Crippen LogP contribution in [0.1, 0.15) is 12.0 Å². The number of likely N-dealkylation sites (tertiary alicyclic amines) is 1. The topological polar surface area (TPSA) is 86.4 Å². The fourth-order valence-corrected chi connectivity index (χ4v) is 4.28. The van der Waals surface area contributed by atoms with Crippen molar-refractivity contribution in [1.82, 2.24) is 35.0 Å². The predicted molar refractivity (Wildman–Crippen MR) is 117 cm³/mol. The van der Waals surface area contributed by atoms with Gasteiger partial charge in [0.05, 0.1) is 40.7 Å². The van der Waals surface area contributed by atoms with E-state index < -0.39 is 5.92 Å². The average Bonchev–Trinajstić information content (AvgIpc) is 3.49. The molecule has 2 N–H and O–H groups in total. The first kappa shape index (κ1) is 19.0. The second kappa shape index (κ2) is 7.16. The van der Waals surface area contributed by atoms with Gasteiger partial charge in [0.15, 0.2) is 0 Å². The van der Waals surface area contributed by atoms with Gasteiger partial charge in [-0.1, -0.05) is 0 Å². The largest absolute Gasteiger partial charge is 0.352 e. The van der Waals surface area contributed by atoms with Crippen LogP contribution >= 0.6 is 0 Å². The van der Waals surface area contributed by atoms with Crippen molar-refractivity contribution in [1.29, 1.82) is 0 Å². The maximum absolute atomic E-state index is 13.5. The first-order valence-electron chi connectivity index (χ1n) is 10.4. The molecule has 1 saturated heterocycles. The number of halogens is 2. The zero-order chi connectivity index (χ0) is 21.7. The summed E-state index contributed by atoms with van der Waals surface area (Å²) in [5, 5.41) is 8.43. The third-order valence-corrected chi connectivity index (χ3v) is 5.84. The van der Waals surface area contributed by atoms with Crippen LogP contribution in [0.4, 0.5) is 8.78 Å². The molecule has 5 aromatic rings. The number of hydrogen-bond donors (Lipinski definition) is 2. The highest BCUT2D eigenvalue weighted by Crippen LogP contribution is 2.31. The van der Waals surface area contributed by atoms with E-state index >= 15 is 0 Å². The molecule has 7 nitrogen and oxygen atoms in total. The molecule has 6 heterocycles. The minimum Gasteiger partial charge on any atom is -0.352 e. The molecule has 0 amide bonds. The van der Waals surface area contributed by atoms with E-state index in [0.717, 1.165) is 50.1 Å². The highest BCUT2D eigenvalue weighted by atomic mass is 19.3. The smallest absolute Gasteiger partial charge is 0.261 e.